The predicted molar refractivity (Wildman–Crippen MR) is 65.0 cm³/mol. The van der Waals surface area contributed by atoms with Gasteiger partial charge in [-0.25, -0.2) is 0 Å². The first-order chi connectivity index (χ1) is 7.61. The van der Waals surface area contributed by atoms with E-state index in [1.165, 1.54) is 12.0 Å². The van der Waals surface area contributed by atoms with Gasteiger partial charge in [-0.3, -0.25) is 9.58 Å². The molecule has 4 heteroatoms. The first-order valence-corrected chi connectivity index (χ1v) is 6.06. The molecule has 1 aliphatic rings. The normalized spacial score (nSPS) is 28.5. The predicted octanol–water partition coefficient (Wildman–Crippen LogP) is 1.15. The van der Waals surface area contributed by atoms with Gasteiger partial charge >= 0.3 is 0 Å². The Morgan fingerprint density at radius 1 is 1.62 bits per heavy atom. The molecule has 1 saturated heterocycles. The van der Waals surface area contributed by atoms with Crippen LogP contribution >= 0.6 is 0 Å². The van der Waals surface area contributed by atoms with Crippen LogP contribution in [0.3, 0.4) is 0 Å². The minimum Gasteiger partial charge on any atom is -0.330 e. The third-order valence-corrected chi connectivity index (χ3v) is 3.75. The second-order valence-corrected chi connectivity index (χ2v) is 5.01. The summed E-state index contributed by atoms with van der Waals surface area (Å²) in [6.07, 6.45) is 5.29. The van der Waals surface area contributed by atoms with Crippen LogP contribution in [0, 0.1) is 5.92 Å². The highest BCUT2D eigenvalue weighted by molar-refractivity contribution is 5.10. The van der Waals surface area contributed by atoms with E-state index in [0.717, 1.165) is 13.1 Å². The third-order valence-electron chi connectivity index (χ3n) is 3.75. The molecule has 1 aromatic rings. The van der Waals surface area contributed by atoms with Crippen molar-refractivity contribution in [1.29, 1.82) is 0 Å². The van der Waals surface area contributed by atoms with Gasteiger partial charge in [-0.05, 0) is 32.7 Å². The minimum atomic E-state index is 0.445. The Balaban J connectivity index is 2.07. The molecule has 0 aromatic carbocycles. The molecule has 90 valence electrons. The van der Waals surface area contributed by atoms with E-state index in [4.69, 9.17) is 5.73 Å². The second-order valence-electron chi connectivity index (χ2n) is 5.01. The molecule has 2 N–H and O–H groups in total. The molecular formula is C12H22N4. The van der Waals surface area contributed by atoms with E-state index >= 15 is 0 Å². The van der Waals surface area contributed by atoms with E-state index in [1.54, 1.807) is 0 Å². The largest absolute Gasteiger partial charge is 0.330 e. The van der Waals surface area contributed by atoms with E-state index in [2.05, 4.69) is 30.0 Å². The van der Waals surface area contributed by atoms with Crippen molar-refractivity contribution in [2.45, 2.75) is 32.4 Å². The summed E-state index contributed by atoms with van der Waals surface area (Å²) < 4.78 is 1.87. The van der Waals surface area contributed by atoms with Crippen LogP contribution in [0.15, 0.2) is 12.4 Å². The van der Waals surface area contributed by atoms with Crippen molar-refractivity contribution >= 4 is 0 Å². The summed E-state index contributed by atoms with van der Waals surface area (Å²) in [5.41, 5.74) is 7.06. The maximum absolute atomic E-state index is 5.76. The standard InChI is InChI=1S/C12H22N4/c1-9-4-11(5-13)7-16(9)10(2)12-6-14-15(3)8-12/h6,8-11H,4-5,7,13H2,1-3H3. The number of hydrogen-bond donors (Lipinski definition) is 1. The molecule has 2 heterocycles. The van der Waals surface area contributed by atoms with Gasteiger partial charge in [0.1, 0.15) is 0 Å². The van der Waals surface area contributed by atoms with Gasteiger partial charge in [-0.15, -0.1) is 0 Å². The van der Waals surface area contributed by atoms with Crippen molar-refractivity contribution in [3.05, 3.63) is 18.0 Å². The second kappa shape index (κ2) is 4.55. The Morgan fingerprint density at radius 3 is 2.88 bits per heavy atom. The monoisotopic (exact) mass is 222 g/mol. The summed E-state index contributed by atoms with van der Waals surface area (Å²) in [6.45, 7) is 6.48. The van der Waals surface area contributed by atoms with Crippen LogP contribution in [-0.4, -0.2) is 33.8 Å². The summed E-state index contributed by atoms with van der Waals surface area (Å²) in [5, 5.41) is 4.24. The zero-order valence-corrected chi connectivity index (χ0v) is 10.4. The lowest BCUT2D eigenvalue weighted by molar-refractivity contribution is 0.200. The molecule has 3 unspecified atom stereocenters. The van der Waals surface area contributed by atoms with E-state index in [9.17, 15) is 0 Å². The van der Waals surface area contributed by atoms with Crippen molar-refractivity contribution in [1.82, 2.24) is 14.7 Å². The fourth-order valence-electron chi connectivity index (χ4n) is 2.73. The number of hydrogen-bond acceptors (Lipinski definition) is 3. The summed E-state index contributed by atoms with van der Waals surface area (Å²) in [4.78, 5) is 2.54. The molecule has 1 aromatic heterocycles. The number of aryl methyl sites for hydroxylation is 1. The van der Waals surface area contributed by atoms with Crippen molar-refractivity contribution in [2.75, 3.05) is 13.1 Å². The molecule has 16 heavy (non-hydrogen) atoms. The van der Waals surface area contributed by atoms with Gasteiger partial charge in [-0.1, -0.05) is 0 Å². The molecule has 0 amide bonds. The Morgan fingerprint density at radius 2 is 2.38 bits per heavy atom. The Labute approximate surface area is 97.4 Å². The Bertz CT molecular complexity index is 347. The van der Waals surface area contributed by atoms with Crippen LogP contribution in [-0.2, 0) is 7.05 Å². The highest BCUT2D eigenvalue weighted by atomic mass is 15.3. The van der Waals surface area contributed by atoms with Gasteiger partial charge in [0.05, 0.1) is 6.20 Å². The summed E-state index contributed by atoms with van der Waals surface area (Å²) in [5.74, 6) is 0.661. The number of aromatic nitrogens is 2. The topological polar surface area (TPSA) is 47.1 Å². The first kappa shape index (κ1) is 11.6. The zero-order valence-electron chi connectivity index (χ0n) is 10.4. The maximum Gasteiger partial charge on any atom is 0.0537 e. The molecule has 0 bridgehead atoms. The molecule has 0 spiro atoms. The molecule has 0 aliphatic carbocycles. The van der Waals surface area contributed by atoms with E-state index in [-0.39, 0.29) is 0 Å². The lowest BCUT2D eigenvalue weighted by atomic mass is 10.1. The quantitative estimate of drug-likeness (QED) is 0.834. The molecule has 2 rings (SSSR count). The molecule has 1 fully saturated rings. The fourth-order valence-corrected chi connectivity index (χ4v) is 2.73. The summed E-state index contributed by atoms with van der Waals surface area (Å²) in [7, 11) is 1.96. The molecular weight excluding hydrogens is 200 g/mol. The SMILES string of the molecule is CC1CC(CN)CN1C(C)c1cnn(C)c1. The van der Waals surface area contributed by atoms with Crippen LogP contribution in [0.4, 0.5) is 0 Å². The molecule has 4 nitrogen and oxygen atoms in total. The van der Waals surface area contributed by atoms with Gasteiger partial charge < -0.3 is 5.73 Å². The van der Waals surface area contributed by atoms with E-state index < -0.39 is 0 Å². The third kappa shape index (κ3) is 2.13. The summed E-state index contributed by atoms with van der Waals surface area (Å²) >= 11 is 0. The van der Waals surface area contributed by atoms with Gasteiger partial charge in [0, 0.05) is 37.4 Å². The highest BCUT2D eigenvalue weighted by Gasteiger charge is 2.32. The lowest BCUT2D eigenvalue weighted by Crippen LogP contribution is -2.30. The maximum atomic E-state index is 5.76. The smallest absolute Gasteiger partial charge is 0.0537 e. The van der Waals surface area contributed by atoms with Gasteiger partial charge in [-0.2, -0.15) is 5.10 Å². The molecule has 1 aliphatic heterocycles. The van der Waals surface area contributed by atoms with Crippen LogP contribution in [0.1, 0.15) is 31.9 Å². The van der Waals surface area contributed by atoms with Gasteiger partial charge in [0.2, 0.25) is 0 Å². The molecule has 3 atom stereocenters. The van der Waals surface area contributed by atoms with Crippen molar-refractivity contribution < 1.29 is 0 Å². The van der Waals surface area contributed by atoms with Gasteiger partial charge in [0.25, 0.3) is 0 Å². The van der Waals surface area contributed by atoms with E-state index in [0.29, 0.717) is 18.0 Å². The number of rotatable bonds is 3. The average molecular weight is 222 g/mol. The molecule has 0 saturated carbocycles. The Kier molecular flexibility index (Phi) is 3.30. The van der Waals surface area contributed by atoms with Crippen molar-refractivity contribution in [2.24, 2.45) is 18.7 Å². The van der Waals surface area contributed by atoms with Crippen molar-refractivity contribution in [3.63, 3.8) is 0 Å². The highest BCUT2D eigenvalue weighted by Crippen LogP contribution is 2.31. The summed E-state index contributed by atoms with van der Waals surface area (Å²) in [6, 6.07) is 1.07. The molecule has 0 radical (unpaired) electrons. The van der Waals surface area contributed by atoms with Crippen LogP contribution < -0.4 is 5.73 Å². The number of nitrogens with two attached hydrogens (primary N) is 1. The van der Waals surface area contributed by atoms with E-state index in [1.807, 2.05) is 17.9 Å². The number of nitrogens with zero attached hydrogens (tertiary/aromatic N) is 3. The van der Waals surface area contributed by atoms with Crippen LogP contribution in [0.2, 0.25) is 0 Å². The van der Waals surface area contributed by atoms with Crippen LogP contribution in [0.5, 0.6) is 0 Å². The zero-order chi connectivity index (χ0) is 11.7. The Hall–Kier alpha value is -0.870. The van der Waals surface area contributed by atoms with Crippen LogP contribution in [0.25, 0.3) is 0 Å². The van der Waals surface area contributed by atoms with Crippen molar-refractivity contribution in [3.8, 4) is 0 Å². The van der Waals surface area contributed by atoms with Gasteiger partial charge in [0.15, 0.2) is 0 Å². The lowest BCUT2D eigenvalue weighted by Gasteiger charge is -2.27. The first-order valence-electron chi connectivity index (χ1n) is 6.06. The average Bonchev–Trinajstić information content (AvgIpc) is 2.83. The fraction of sp³-hybridized carbons (Fsp3) is 0.750. The number of likely N-dealkylation sites (tertiary alicyclic amines) is 1. The minimum absolute atomic E-state index is 0.445.